The van der Waals surface area contributed by atoms with E-state index in [2.05, 4.69) is 10.6 Å². The highest BCUT2D eigenvalue weighted by Crippen LogP contribution is 2.28. The largest absolute Gasteiger partial charge is 0.381 e. The first-order valence-electron chi connectivity index (χ1n) is 5.75. The molecule has 0 radical (unpaired) electrons. The lowest BCUT2D eigenvalue weighted by atomic mass is 10.4. The Balaban J connectivity index is 1.76. The summed E-state index contributed by atoms with van der Waals surface area (Å²) in [5, 5.41) is 13.7. The van der Waals surface area contributed by atoms with Gasteiger partial charge in [-0.2, -0.15) is 5.26 Å². The van der Waals surface area contributed by atoms with Gasteiger partial charge < -0.3 is 15.4 Å². The van der Waals surface area contributed by atoms with E-state index in [1.54, 1.807) is 0 Å². The summed E-state index contributed by atoms with van der Waals surface area (Å²) in [6.07, 6.45) is 3.55. The maximum Gasteiger partial charge on any atom is 0.234 e. The van der Waals surface area contributed by atoms with Crippen LogP contribution in [0.15, 0.2) is 0 Å². The third kappa shape index (κ3) is 7.21. The summed E-state index contributed by atoms with van der Waals surface area (Å²) in [7, 11) is 0. The molecule has 0 aromatic rings. The molecule has 0 atom stereocenters. The van der Waals surface area contributed by atoms with Gasteiger partial charge in [0, 0.05) is 13.2 Å². The van der Waals surface area contributed by atoms with Gasteiger partial charge >= 0.3 is 0 Å². The topological polar surface area (TPSA) is 74.2 Å². The lowest BCUT2D eigenvalue weighted by Crippen LogP contribution is -2.34. The first kappa shape index (κ1) is 12.9. The summed E-state index contributed by atoms with van der Waals surface area (Å²) in [6, 6.07) is 1.85. The number of nitrogens with one attached hydrogen (secondary N) is 2. The molecule has 0 aromatic carbocycles. The molecule has 1 fully saturated rings. The van der Waals surface area contributed by atoms with Gasteiger partial charge in [0.05, 0.1) is 12.6 Å². The van der Waals surface area contributed by atoms with Gasteiger partial charge in [-0.15, -0.1) is 0 Å². The van der Waals surface area contributed by atoms with Crippen LogP contribution in [-0.4, -0.2) is 38.8 Å². The third-order valence-corrected chi connectivity index (χ3v) is 2.34. The lowest BCUT2D eigenvalue weighted by molar-refractivity contribution is -0.120. The molecule has 0 aliphatic heterocycles. The zero-order chi connectivity index (χ0) is 11.6. The Hall–Kier alpha value is -1.12. The van der Waals surface area contributed by atoms with E-state index < -0.39 is 0 Å². The van der Waals surface area contributed by atoms with Crippen molar-refractivity contribution < 1.29 is 9.53 Å². The fourth-order valence-corrected chi connectivity index (χ4v) is 1.24. The van der Waals surface area contributed by atoms with Crippen molar-refractivity contribution in [1.82, 2.24) is 10.6 Å². The summed E-state index contributed by atoms with van der Waals surface area (Å²) in [6.45, 7) is 2.76. The van der Waals surface area contributed by atoms with E-state index >= 15 is 0 Å². The van der Waals surface area contributed by atoms with Gasteiger partial charge in [0.1, 0.15) is 6.54 Å². The molecule has 0 bridgehead atoms. The monoisotopic (exact) mass is 225 g/mol. The first-order valence-corrected chi connectivity index (χ1v) is 5.75. The second-order valence-corrected chi connectivity index (χ2v) is 3.98. The van der Waals surface area contributed by atoms with Gasteiger partial charge in [-0.1, -0.05) is 0 Å². The highest BCUT2D eigenvalue weighted by Gasteiger charge is 2.20. The molecular formula is C11H19N3O2. The van der Waals surface area contributed by atoms with Gasteiger partial charge in [0.2, 0.25) is 5.91 Å². The molecule has 90 valence electrons. The molecule has 1 aliphatic rings. The predicted molar refractivity (Wildman–Crippen MR) is 59.7 cm³/mol. The first-order chi connectivity index (χ1) is 7.83. The lowest BCUT2D eigenvalue weighted by Gasteiger charge is -2.05. The van der Waals surface area contributed by atoms with Crippen molar-refractivity contribution >= 4 is 5.91 Å². The van der Waals surface area contributed by atoms with Crippen LogP contribution in [0.25, 0.3) is 0 Å². The van der Waals surface area contributed by atoms with Crippen LogP contribution >= 0.6 is 0 Å². The number of hydrogen-bond acceptors (Lipinski definition) is 4. The van der Waals surface area contributed by atoms with Crippen molar-refractivity contribution in [1.29, 1.82) is 5.26 Å². The minimum atomic E-state index is -0.138. The van der Waals surface area contributed by atoms with Crippen LogP contribution < -0.4 is 10.6 Å². The zero-order valence-corrected chi connectivity index (χ0v) is 9.50. The molecule has 5 heteroatoms. The number of carbonyl (C=O) groups excluding carboxylic acids is 1. The van der Waals surface area contributed by atoms with Crippen molar-refractivity contribution in [2.45, 2.75) is 19.3 Å². The van der Waals surface area contributed by atoms with Crippen LogP contribution in [-0.2, 0) is 9.53 Å². The quantitative estimate of drug-likeness (QED) is 0.429. The normalized spacial score (nSPS) is 14.4. The Morgan fingerprint density at radius 3 is 3.00 bits per heavy atom. The maximum absolute atomic E-state index is 11.0. The predicted octanol–water partition coefficient (Wildman–Crippen LogP) is 0.0325. The molecule has 0 heterocycles. The number of ether oxygens (including phenoxy) is 1. The van der Waals surface area contributed by atoms with E-state index in [0.29, 0.717) is 0 Å². The standard InChI is InChI=1S/C11H19N3O2/c12-4-6-14-11(15)8-13-5-1-7-16-9-10-2-3-10/h10,13H,1-3,5-9H2,(H,14,15). The van der Waals surface area contributed by atoms with Crippen LogP contribution in [0.1, 0.15) is 19.3 Å². The van der Waals surface area contributed by atoms with Crippen molar-refractivity contribution in [3.63, 3.8) is 0 Å². The fraction of sp³-hybridized carbons (Fsp3) is 0.818. The Morgan fingerprint density at radius 1 is 1.50 bits per heavy atom. The Kier molecular flexibility index (Phi) is 6.54. The number of rotatable bonds is 9. The van der Waals surface area contributed by atoms with Crippen molar-refractivity contribution in [2.75, 3.05) is 32.8 Å². The molecule has 1 amide bonds. The fourth-order valence-electron chi connectivity index (χ4n) is 1.24. The summed E-state index contributed by atoms with van der Waals surface area (Å²) < 4.78 is 5.45. The van der Waals surface area contributed by atoms with Crippen LogP contribution in [0.4, 0.5) is 0 Å². The molecule has 5 nitrogen and oxygen atoms in total. The van der Waals surface area contributed by atoms with E-state index in [0.717, 1.165) is 32.1 Å². The number of carbonyl (C=O) groups is 1. The number of nitriles is 1. The van der Waals surface area contributed by atoms with E-state index in [1.165, 1.54) is 12.8 Å². The molecule has 1 rings (SSSR count). The smallest absolute Gasteiger partial charge is 0.234 e. The molecule has 0 aromatic heterocycles. The number of amides is 1. The van der Waals surface area contributed by atoms with Gasteiger partial charge in [-0.25, -0.2) is 0 Å². The van der Waals surface area contributed by atoms with Crippen LogP contribution in [0, 0.1) is 17.2 Å². The molecule has 2 N–H and O–H groups in total. The minimum absolute atomic E-state index is 0.0744. The van der Waals surface area contributed by atoms with E-state index in [1.807, 2.05) is 6.07 Å². The summed E-state index contributed by atoms with van der Waals surface area (Å²) in [4.78, 5) is 11.0. The Morgan fingerprint density at radius 2 is 2.31 bits per heavy atom. The zero-order valence-electron chi connectivity index (χ0n) is 9.50. The van der Waals surface area contributed by atoms with E-state index in [-0.39, 0.29) is 19.0 Å². The SMILES string of the molecule is N#CCNC(=O)CNCCCOCC1CC1. The molecule has 1 aliphatic carbocycles. The average molecular weight is 225 g/mol. The molecular weight excluding hydrogens is 206 g/mol. The van der Waals surface area contributed by atoms with Gasteiger partial charge in [-0.05, 0) is 31.7 Å². The summed E-state index contributed by atoms with van der Waals surface area (Å²) in [5.41, 5.74) is 0. The summed E-state index contributed by atoms with van der Waals surface area (Å²) in [5.74, 6) is 0.671. The van der Waals surface area contributed by atoms with Gasteiger partial charge in [0.15, 0.2) is 0 Å². The summed E-state index contributed by atoms with van der Waals surface area (Å²) >= 11 is 0. The van der Waals surface area contributed by atoms with E-state index in [4.69, 9.17) is 10.00 Å². The molecule has 0 saturated heterocycles. The highest BCUT2D eigenvalue weighted by molar-refractivity contribution is 5.78. The highest BCUT2D eigenvalue weighted by atomic mass is 16.5. The van der Waals surface area contributed by atoms with Crippen molar-refractivity contribution in [2.24, 2.45) is 5.92 Å². The third-order valence-electron chi connectivity index (χ3n) is 2.34. The van der Waals surface area contributed by atoms with Gasteiger partial charge in [-0.3, -0.25) is 4.79 Å². The van der Waals surface area contributed by atoms with Crippen LogP contribution in [0.2, 0.25) is 0 Å². The number of hydrogen-bond donors (Lipinski definition) is 2. The van der Waals surface area contributed by atoms with Gasteiger partial charge in [0.25, 0.3) is 0 Å². The van der Waals surface area contributed by atoms with Crippen molar-refractivity contribution in [3.05, 3.63) is 0 Å². The minimum Gasteiger partial charge on any atom is -0.381 e. The molecule has 16 heavy (non-hydrogen) atoms. The van der Waals surface area contributed by atoms with E-state index in [9.17, 15) is 4.79 Å². The Labute approximate surface area is 96.2 Å². The van der Waals surface area contributed by atoms with Crippen molar-refractivity contribution in [3.8, 4) is 6.07 Å². The van der Waals surface area contributed by atoms with Crippen LogP contribution in [0.3, 0.4) is 0 Å². The Bertz CT molecular complexity index is 246. The second-order valence-electron chi connectivity index (χ2n) is 3.98. The maximum atomic E-state index is 11.0. The average Bonchev–Trinajstić information content (AvgIpc) is 3.09. The van der Waals surface area contributed by atoms with Crippen LogP contribution in [0.5, 0.6) is 0 Å². The molecule has 0 unspecified atom stereocenters. The number of nitrogens with zero attached hydrogens (tertiary/aromatic N) is 1. The molecule has 0 spiro atoms. The molecule has 1 saturated carbocycles. The second kappa shape index (κ2) is 8.08.